The molecule has 1 aliphatic rings. The van der Waals surface area contributed by atoms with Crippen LogP contribution in [0.3, 0.4) is 0 Å². The second-order valence-corrected chi connectivity index (χ2v) is 6.44. The van der Waals surface area contributed by atoms with Crippen molar-refractivity contribution in [2.45, 2.75) is 45.2 Å². The van der Waals surface area contributed by atoms with Gasteiger partial charge >= 0.3 is 5.97 Å². The number of benzene rings is 1. The lowest BCUT2D eigenvalue weighted by atomic mass is 9.92. The van der Waals surface area contributed by atoms with Gasteiger partial charge in [0.1, 0.15) is 12.2 Å². The maximum Gasteiger partial charge on any atom is 0.325 e. The molecule has 1 amide bonds. The Morgan fingerprint density at radius 2 is 1.92 bits per heavy atom. The van der Waals surface area contributed by atoms with Gasteiger partial charge in [0, 0.05) is 0 Å². The summed E-state index contributed by atoms with van der Waals surface area (Å²) in [6.07, 6.45) is 3.21. The van der Waals surface area contributed by atoms with Crippen LogP contribution in [0.5, 0.6) is 0 Å². The van der Waals surface area contributed by atoms with Gasteiger partial charge in [-0.2, -0.15) is 0 Å². The molecule has 0 unspecified atom stereocenters. The summed E-state index contributed by atoms with van der Waals surface area (Å²) in [5, 5.41) is 19.2. The van der Waals surface area contributed by atoms with Crippen molar-refractivity contribution in [3.05, 3.63) is 46.8 Å². The maximum atomic E-state index is 12.6. The number of amides is 1. The highest BCUT2D eigenvalue weighted by molar-refractivity contribution is 5.91. The van der Waals surface area contributed by atoms with E-state index in [9.17, 15) is 9.59 Å². The van der Waals surface area contributed by atoms with E-state index in [1.54, 1.807) is 0 Å². The highest BCUT2D eigenvalue weighted by Crippen LogP contribution is 2.48. The van der Waals surface area contributed by atoms with Crippen LogP contribution in [0, 0.1) is 13.8 Å². The largest absolute Gasteiger partial charge is 0.480 e. The molecule has 126 valence electrons. The molecule has 0 spiro atoms. The zero-order valence-electron chi connectivity index (χ0n) is 13.7. The first kappa shape index (κ1) is 16.2. The van der Waals surface area contributed by atoms with Gasteiger partial charge in [-0.1, -0.05) is 34.5 Å². The van der Waals surface area contributed by atoms with E-state index < -0.39 is 11.4 Å². The van der Waals surface area contributed by atoms with Crippen molar-refractivity contribution >= 4 is 11.9 Å². The number of hydrogen-bond donors (Lipinski definition) is 2. The van der Waals surface area contributed by atoms with Crippen LogP contribution in [0.1, 0.15) is 35.2 Å². The molecule has 2 N–H and O–H groups in total. The van der Waals surface area contributed by atoms with Crippen molar-refractivity contribution in [1.82, 2.24) is 20.3 Å². The Bertz CT molecular complexity index is 773. The molecule has 7 nitrogen and oxygen atoms in total. The van der Waals surface area contributed by atoms with E-state index >= 15 is 0 Å². The van der Waals surface area contributed by atoms with Crippen LogP contribution < -0.4 is 5.32 Å². The molecule has 0 bridgehead atoms. The fraction of sp³-hybridized carbons (Fsp3) is 0.412. The predicted octanol–water partition coefficient (Wildman–Crippen LogP) is 1.33. The second kappa shape index (κ2) is 6.07. The normalized spacial score (nSPS) is 15.1. The number of carbonyl (C=O) groups is 2. The van der Waals surface area contributed by atoms with Gasteiger partial charge in [0.25, 0.3) is 0 Å². The third kappa shape index (κ3) is 3.29. The van der Waals surface area contributed by atoms with Gasteiger partial charge in [-0.15, -0.1) is 5.10 Å². The van der Waals surface area contributed by atoms with E-state index in [1.807, 2.05) is 13.8 Å². The van der Waals surface area contributed by atoms with Gasteiger partial charge in [-0.3, -0.25) is 9.59 Å². The molecular weight excluding hydrogens is 308 g/mol. The lowest BCUT2D eigenvalue weighted by molar-refractivity contribution is -0.138. The summed E-state index contributed by atoms with van der Waals surface area (Å²) in [5.41, 5.74) is 3.47. The molecule has 1 heterocycles. The summed E-state index contributed by atoms with van der Waals surface area (Å²) in [6.45, 7) is 4.06. The van der Waals surface area contributed by atoms with Gasteiger partial charge in [0.2, 0.25) is 5.91 Å². The molecule has 0 saturated heterocycles. The number of carbonyl (C=O) groups excluding carboxylic acids is 1. The molecule has 1 aliphatic carbocycles. The smallest absolute Gasteiger partial charge is 0.325 e. The average molecular weight is 328 g/mol. The minimum atomic E-state index is -0.984. The third-order valence-corrected chi connectivity index (χ3v) is 4.27. The minimum absolute atomic E-state index is 0.0136. The van der Waals surface area contributed by atoms with E-state index in [2.05, 4.69) is 33.8 Å². The molecule has 0 aliphatic heterocycles. The van der Waals surface area contributed by atoms with Crippen LogP contribution >= 0.6 is 0 Å². The molecule has 0 radical (unpaired) electrons. The first-order chi connectivity index (χ1) is 11.4. The molecule has 24 heavy (non-hydrogen) atoms. The van der Waals surface area contributed by atoms with Gasteiger partial charge in [0.05, 0.1) is 18.2 Å². The third-order valence-electron chi connectivity index (χ3n) is 4.27. The molecule has 0 atom stereocenters. The fourth-order valence-corrected chi connectivity index (χ4v) is 3.00. The van der Waals surface area contributed by atoms with Crippen LogP contribution in [0.15, 0.2) is 24.4 Å². The molecule has 1 saturated carbocycles. The van der Waals surface area contributed by atoms with Crippen molar-refractivity contribution < 1.29 is 14.7 Å². The SMILES string of the molecule is Cc1cc(C)cc(C2(C(=O)NCc3cn(CC(=O)O)nn3)CC2)c1. The number of nitrogens with one attached hydrogen (secondary N) is 1. The van der Waals surface area contributed by atoms with E-state index in [4.69, 9.17) is 5.11 Å². The van der Waals surface area contributed by atoms with E-state index in [0.29, 0.717) is 5.69 Å². The van der Waals surface area contributed by atoms with Crippen molar-refractivity contribution in [3.8, 4) is 0 Å². The Balaban J connectivity index is 1.66. The van der Waals surface area contributed by atoms with Crippen LogP contribution in [0.2, 0.25) is 0 Å². The summed E-state index contributed by atoms with van der Waals surface area (Å²) < 4.78 is 1.24. The number of aryl methyl sites for hydroxylation is 2. The number of carboxylic acids is 1. The number of hydrogen-bond acceptors (Lipinski definition) is 4. The Hall–Kier alpha value is -2.70. The summed E-state index contributed by atoms with van der Waals surface area (Å²) >= 11 is 0. The first-order valence-electron chi connectivity index (χ1n) is 7.87. The van der Waals surface area contributed by atoms with Gasteiger partial charge < -0.3 is 10.4 Å². The number of rotatable bonds is 6. The first-order valence-corrected chi connectivity index (χ1v) is 7.87. The summed E-state index contributed by atoms with van der Waals surface area (Å²) in [7, 11) is 0. The second-order valence-electron chi connectivity index (χ2n) is 6.44. The molecule has 3 rings (SSSR count). The molecule has 2 aromatic rings. The monoisotopic (exact) mass is 328 g/mol. The molecule has 1 aromatic heterocycles. The van der Waals surface area contributed by atoms with Crippen LogP contribution in [0.4, 0.5) is 0 Å². The Kier molecular flexibility index (Phi) is 4.09. The maximum absolute atomic E-state index is 12.6. The standard InChI is InChI=1S/C17H20N4O3/c1-11-5-12(2)7-13(6-11)17(3-4-17)16(24)18-8-14-9-21(20-19-14)10-15(22)23/h5-7,9H,3-4,8,10H2,1-2H3,(H,18,24)(H,22,23). The zero-order chi connectivity index (χ0) is 17.3. The van der Waals surface area contributed by atoms with Crippen molar-refractivity contribution in [3.63, 3.8) is 0 Å². The summed E-state index contributed by atoms with van der Waals surface area (Å²) in [5.74, 6) is -0.998. The van der Waals surface area contributed by atoms with E-state index in [-0.39, 0.29) is 19.0 Å². The minimum Gasteiger partial charge on any atom is -0.480 e. The Labute approximate surface area is 139 Å². The summed E-state index contributed by atoms with van der Waals surface area (Å²) in [4.78, 5) is 23.3. The van der Waals surface area contributed by atoms with Crippen molar-refractivity contribution in [1.29, 1.82) is 0 Å². The van der Waals surface area contributed by atoms with Gasteiger partial charge in [-0.05, 0) is 32.3 Å². The van der Waals surface area contributed by atoms with Crippen LogP contribution in [-0.4, -0.2) is 32.0 Å². The van der Waals surface area contributed by atoms with Crippen LogP contribution in [0.25, 0.3) is 0 Å². The number of carboxylic acid groups (broad SMARTS) is 1. The fourth-order valence-electron chi connectivity index (χ4n) is 3.00. The van der Waals surface area contributed by atoms with E-state index in [0.717, 1.165) is 29.5 Å². The lowest BCUT2D eigenvalue weighted by Crippen LogP contribution is -2.34. The highest BCUT2D eigenvalue weighted by atomic mass is 16.4. The van der Waals surface area contributed by atoms with E-state index in [1.165, 1.54) is 10.9 Å². The number of aliphatic carboxylic acids is 1. The van der Waals surface area contributed by atoms with Gasteiger partial charge in [-0.25, -0.2) is 4.68 Å². The van der Waals surface area contributed by atoms with Crippen LogP contribution in [-0.2, 0) is 28.1 Å². The Morgan fingerprint density at radius 1 is 1.25 bits per heavy atom. The van der Waals surface area contributed by atoms with Gasteiger partial charge in [0.15, 0.2) is 0 Å². The molecule has 7 heteroatoms. The Morgan fingerprint density at radius 3 is 2.50 bits per heavy atom. The van der Waals surface area contributed by atoms with Crippen molar-refractivity contribution in [2.75, 3.05) is 0 Å². The predicted molar refractivity (Wildman–Crippen MR) is 86.3 cm³/mol. The topological polar surface area (TPSA) is 97.1 Å². The number of nitrogens with zero attached hydrogens (tertiary/aromatic N) is 3. The van der Waals surface area contributed by atoms with Crippen molar-refractivity contribution in [2.24, 2.45) is 0 Å². The average Bonchev–Trinajstić information content (AvgIpc) is 3.19. The zero-order valence-corrected chi connectivity index (χ0v) is 13.7. The number of aromatic nitrogens is 3. The molecule has 1 aromatic carbocycles. The quantitative estimate of drug-likeness (QED) is 0.834. The molecular formula is C17H20N4O3. The molecule has 1 fully saturated rings. The highest BCUT2D eigenvalue weighted by Gasteiger charge is 2.51. The lowest BCUT2D eigenvalue weighted by Gasteiger charge is -2.16. The summed E-state index contributed by atoms with van der Waals surface area (Å²) in [6, 6.07) is 6.24.